The van der Waals surface area contributed by atoms with Crippen molar-refractivity contribution in [1.29, 1.82) is 0 Å². The van der Waals surface area contributed by atoms with E-state index >= 15 is 0 Å². The van der Waals surface area contributed by atoms with Crippen molar-refractivity contribution in [3.63, 3.8) is 0 Å². The molecule has 0 radical (unpaired) electrons. The normalized spacial score (nSPS) is 12.9. The Kier molecular flexibility index (Phi) is 8.52. The maximum atomic E-state index is 11.9. The maximum Gasteiger partial charge on any atom is 0.332 e. The molecule has 1 atom stereocenters. The van der Waals surface area contributed by atoms with Crippen LogP contribution in [-0.2, 0) is 19.1 Å². The molecule has 0 spiro atoms. The predicted molar refractivity (Wildman–Crippen MR) is 76.8 cm³/mol. The molecule has 1 unspecified atom stereocenters. The van der Waals surface area contributed by atoms with Crippen LogP contribution in [0.4, 0.5) is 0 Å². The van der Waals surface area contributed by atoms with Crippen LogP contribution in [-0.4, -0.2) is 42.2 Å². The van der Waals surface area contributed by atoms with Crippen molar-refractivity contribution >= 4 is 35.5 Å². The molecule has 0 aromatic carbocycles. The van der Waals surface area contributed by atoms with Crippen LogP contribution in [0.1, 0.15) is 26.7 Å². The molecular weight excluding hydrogens is 272 g/mol. The van der Waals surface area contributed by atoms with Crippen LogP contribution in [0.5, 0.6) is 0 Å². The molecule has 0 aliphatic rings. The SMILES string of the molecule is CCOC(=O)C(CC)CC(SC)(SC)C(=O)OC. The van der Waals surface area contributed by atoms with E-state index in [0.29, 0.717) is 19.4 Å². The summed E-state index contributed by atoms with van der Waals surface area (Å²) >= 11 is 2.82. The second-order valence-corrected chi connectivity index (χ2v) is 6.18. The Hall–Kier alpha value is -0.360. The molecule has 0 amide bonds. The average molecular weight is 294 g/mol. The topological polar surface area (TPSA) is 52.6 Å². The Labute approximate surface area is 118 Å². The number of rotatable bonds is 8. The Morgan fingerprint density at radius 2 is 1.78 bits per heavy atom. The van der Waals surface area contributed by atoms with E-state index in [1.807, 2.05) is 19.4 Å². The Morgan fingerprint density at radius 1 is 1.22 bits per heavy atom. The Balaban J connectivity index is 4.94. The molecule has 0 aliphatic carbocycles. The Bertz CT molecular complexity index is 277. The van der Waals surface area contributed by atoms with Gasteiger partial charge in [-0.05, 0) is 32.3 Å². The van der Waals surface area contributed by atoms with Gasteiger partial charge in [0.1, 0.15) is 0 Å². The summed E-state index contributed by atoms with van der Waals surface area (Å²) in [5, 5.41) is 0. The van der Waals surface area contributed by atoms with Gasteiger partial charge in [0.2, 0.25) is 0 Å². The number of carbonyl (C=O) groups excluding carboxylic acids is 2. The zero-order valence-corrected chi connectivity index (χ0v) is 13.3. The van der Waals surface area contributed by atoms with Gasteiger partial charge in [0.15, 0.2) is 4.08 Å². The van der Waals surface area contributed by atoms with Crippen molar-refractivity contribution in [2.24, 2.45) is 5.92 Å². The van der Waals surface area contributed by atoms with Crippen molar-refractivity contribution in [2.45, 2.75) is 30.8 Å². The number of esters is 2. The second-order valence-electron chi connectivity index (χ2n) is 3.71. The van der Waals surface area contributed by atoms with Crippen LogP contribution < -0.4 is 0 Å². The van der Waals surface area contributed by atoms with E-state index in [4.69, 9.17) is 9.47 Å². The van der Waals surface area contributed by atoms with Crippen LogP contribution >= 0.6 is 23.5 Å². The number of hydrogen-bond acceptors (Lipinski definition) is 6. The van der Waals surface area contributed by atoms with Gasteiger partial charge in [0.25, 0.3) is 0 Å². The summed E-state index contributed by atoms with van der Waals surface area (Å²) in [5.41, 5.74) is 0. The predicted octanol–water partition coefficient (Wildman–Crippen LogP) is 2.56. The highest BCUT2D eigenvalue weighted by molar-refractivity contribution is 8.18. The van der Waals surface area contributed by atoms with E-state index in [2.05, 4.69) is 0 Å². The van der Waals surface area contributed by atoms with Crippen molar-refractivity contribution in [3.05, 3.63) is 0 Å². The third kappa shape index (κ3) is 4.39. The summed E-state index contributed by atoms with van der Waals surface area (Å²) in [4.78, 5) is 23.7. The monoisotopic (exact) mass is 294 g/mol. The van der Waals surface area contributed by atoms with Crippen LogP contribution in [0, 0.1) is 5.92 Å². The standard InChI is InChI=1S/C12H22O4S2/c1-6-9(10(13)16-7-2)8-12(17-4,18-5)11(14)15-3/h9H,6-8H2,1-5H3. The first kappa shape index (κ1) is 17.6. The first-order valence-electron chi connectivity index (χ1n) is 5.86. The minimum absolute atomic E-state index is 0.239. The van der Waals surface area contributed by atoms with Gasteiger partial charge in [-0.15, -0.1) is 23.5 Å². The van der Waals surface area contributed by atoms with Crippen molar-refractivity contribution < 1.29 is 19.1 Å². The second kappa shape index (κ2) is 8.69. The molecule has 0 saturated carbocycles. The molecule has 18 heavy (non-hydrogen) atoms. The van der Waals surface area contributed by atoms with Crippen molar-refractivity contribution in [2.75, 3.05) is 26.2 Å². The number of hydrogen-bond donors (Lipinski definition) is 0. The lowest BCUT2D eigenvalue weighted by atomic mass is 10.00. The highest BCUT2D eigenvalue weighted by Gasteiger charge is 2.42. The summed E-state index contributed by atoms with van der Waals surface area (Å²) in [6.07, 6.45) is 4.78. The highest BCUT2D eigenvalue weighted by atomic mass is 32.2. The van der Waals surface area contributed by atoms with Gasteiger partial charge in [0.05, 0.1) is 19.6 Å². The van der Waals surface area contributed by atoms with E-state index < -0.39 is 4.08 Å². The molecule has 0 fully saturated rings. The molecule has 0 aromatic rings. The summed E-state index contributed by atoms with van der Waals surface area (Å²) in [5.74, 6) is -0.814. The van der Waals surface area contributed by atoms with Gasteiger partial charge < -0.3 is 9.47 Å². The Morgan fingerprint density at radius 3 is 2.11 bits per heavy atom. The lowest BCUT2D eigenvalue weighted by Crippen LogP contribution is -2.37. The largest absolute Gasteiger partial charge is 0.467 e. The van der Waals surface area contributed by atoms with E-state index in [-0.39, 0.29) is 17.9 Å². The fourth-order valence-corrected chi connectivity index (χ4v) is 3.54. The van der Waals surface area contributed by atoms with Crippen molar-refractivity contribution in [3.8, 4) is 0 Å². The molecule has 0 N–H and O–H groups in total. The van der Waals surface area contributed by atoms with Crippen LogP contribution in [0.2, 0.25) is 0 Å². The quantitative estimate of drug-likeness (QED) is 0.506. The highest BCUT2D eigenvalue weighted by Crippen LogP contribution is 2.41. The maximum absolute atomic E-state index is 11.9. The molecule has 0 aliphatic heterocycles. The van der Waals surface area contributed by atoms with Crippen molar-refractivity contribution in [1.82, 2.24) is 0 Å². The molecule has 0 heterocycles. The molecule has 0 saturated heterocycles. The first-order valence-corrected chi connectivity index (χ1v) is 8.31. The number of ether oxygens (including phenoxy) is 2. The molecule has 0 bridgehead atoms. The first-order chi connectivity index (χ1) is 8.51. The molecule has 106 valence electrons. The lowest BCUT2D eigenvalue weighted by Gasteiger charge is -2.29. The van der Waals surface area contributed by atoms with Crippen LogP contribution in [0.25, 0.3) is 0 Å². The van der Waals surface area contributed by atoms with Gasteiger partial charge in [0, 0.05) is 0 Å². The molecular formula is C12H22O4S2. The molecule has 6 heteroatoms. The van der Waals surface area contributed by atoms with E-state index in [9.17, 15) is 9.59 Å². The van der Waals surface area contributed by atoms with Crippen LogP contribution in [0.3, 0.4) is 0 Å². The molecule has 0 rings (SSSR count). The smallest absolute Gasteiger partial charge is 0.332 e. The summed E-state index contributed by atoms with van der Waals surface area (Å²) in [6, 6.07) is 0. The minimum atomic E-state index is -0.734. The van der Waals surface area contributed by atoms with Crippen LogP contribution in [0.15, 0.2) is 0 Å². The third-order valence-electron chi connectivity index (χ3n) is 2.78. The van der Waals surface area contributed by atoms with Gasteiger partial charge >= 0.3 is 11.9 Å². The third-order valence-corrected chi connectivity index (χ3v) is 5.77. The number of methoxy groups -OCH3 is 1. The fourth-order valence-electron chi connectivity index (χ4n) is 1.63. The summed E-state index contributed by atoms with van der Waals surface area (Å²) in [6.45, 7) is 4.06. The van der Waals surface area contributed by atoms with E-state index in [1.165, 1.54) is 30.6 Å². The molecule has 4 nitrogen and oxygen atoms in total. The molecule has 0 aromatic heterocycles. The zero-order chi connectivity index (χ0) is 14.2. The van der Waals surface area contributed by atoms with E-state index in [0.717, 1.165) is 0 Å². The van der Waals surface area contributed by atoms with Gasteiger partial charge in [-0.1, -0.05) is 6.92 Å². The fraction of sp³-hybridized carbons (Fsp3) is 0.833. The number of thioether (sulfide) groups is 2. The summed E-state index contributed by atoms with van der Waals surface area (Å²) < 4.78 is 9.15. The lowest BCUT2D eigenvalue weighted by molar-refractivity contribution is -0.149. The minimum Gasteiger partial charge on any atom is -0.467 e. The van der Waals surface area contributed by atoms with Gasteiger partial charge in [-0.3, -0.25) is 4.79 Å². The average Bonchev–Trinajstić information content (AvgIpc) is 2.40. The van der Waals surface area contributed by atoms with E-state index in [1.54, 1.807) is 6.92 Å². The zero-order valence-electron chi connectivity index (χ0n) is 11.6. The summed E-state index contributed by atoms with van der Waals surface area (Å²) in [7, 11) is 1.37. The number of carbonyl (C=O) groups is 2. The van der Waals surface area contributed by atoms with Gasteiger partial charge in [-0.2, -0.15) is 0 Å². The van der Waals surface area contributed by atoms with Gasteiger partial charge in [-0.25, -0.2) is 4.79 Å².